The molecule has 138 valence electrons. The first-order chi connectivity index (χ1) is 12.3. The Balaban J connectivity index is 1.78. The van der Waals surface area contributed by atoms with E-state index in [1.165, 1.54) is 24.3 Å². The third-order valence-electron chi connectivity index (χ3n) is 4.25. The molecule has 1 aliphatic heterocycles. The summed E-state index contributed by atoms with van der Waals surface area (Å²) in [5.41, 5.74) is -0.803. The number of halogens is 1. The van der Waals surface area contributed by atoms with Gasteiger partial charge in [-0.1, -0.05) is 17.3 Å². The van der Waals surface area contributed by atoms with Crippen LogP contribution in [-0.4, -0.2) is 33.6 Å². The first-order valence-corrected chi connectivity index (χ1v) is 8.19. The molecule has 2 atom stereocenters. The average Bonchev–Trinajstić information content (AvgIpc) is 3.15. The van der Waals surface area contributed by atoms with Gasteiger partial charge < -0.3 is 14.6 Å². The molecular formula is C17H19FN4O4. The molecule has 1 aliphatic rings. The molecule has 0 saturated carbocycles. The molecule has 26 heavy (non-hydrogen) atoms. The van der Waals surface area contributed by atoms with E-state index in [1.807, 2.05) is 6.92 Å². The number of hydrogen-bond donors (Lipinski definition) is 1. The average molecular weight is 362 g/mol. The lowest BCUT2D eigenvalue weighted by atomic mass is 9.92. The van der Waals surface area contributed by atoms with Crippen LogP contribution in [0, 0.1) is 5.82 Å². The van der Waals surface area contributed by atoms with Crippen molar-refractivity contribution in [1.82, 2.24) is 20.4 Å². The van der Waals surface area contributed by atoms with Gasteiger partial charge in [-0.15, -0.1) is 0 Å². The van der Waals surface area contributed by atoms with Crippen molar-refractivity contribution in [2.75, 3.05) is 6.61 Å². The zero-order chi connectivity index (χ0) is 18.9. The van der Waals surface area contributed by atoms with Crippen molar-refractivity contribution in [3.05, 3.63) is 47.4 Å². The zero-order valence-corrected chi connectivity index (χ0v) is 14.7. The molecule has 1 N–H and O–H groups in total. The van der Waals surface area contributed by atoms with Crippen LogP contribution in [0.3, 0.4) is 0 Å². The van der Waals surface area contributed by atoms with Gasteiger partial charge in [-0.25, -0.2) is 9.18 Å². The lowest BCUT2D eigenvalue weighted by Crippen LogP contribution is -2.40. The van der Waals surface area contributed by atoms with Gasteiger partial charge in [0.05, 0.1) is 0 Å². The van der Waals surface area contributed by atoms with Gasteiger partial charge in [0.2, 0.25) is 5.89 Å². The van der Waals surface area contributed by atoms with Crippen molar-refractivity contribution in [2.45, 2.75) is 39.0 Å². The van der Waals surface area contributed by atoms with Crippen molar-refractivity contribution >= 4 is 11.9 Å². The smallest absolute Gasteiger partial charge is 0.325 e. The number of urea groups is 1. The molecule has 0 bridgehead atoms. The van der Waals surface area contributed by atoms with Gasteiger partial charge in [0, 0.05) is 6.61 Å². The van der Waals surface area contributed by atoms with Crippen LogP contribution in [0.4, 0.5) is 9.18 Å². The highest BCUT2D eigenvalue weighted by molar-refractivity contribution is 6.07. The van der Waals surface area contributed by atoms with Gasteiger partial charge >= 0.3 is 6.03 Å². The predicted octanol–water partition coefficient (Wildman–Crippen LogP) is 2.27. The Morgan fingerprint density at radius 1 is 1.35 bits per heavy atom. The third-order valence-corrected chi connectivity index (χ3v) is 4.25. The maximum Gasteiger partial charge on any atom is 0.325 e. The second kappa shape index (κ2) is 6.83. The van der Waals surface area contributed by atoms with Gasteiger partial charge in [-0.05, 0) is 38.5 Å². The summed E-state index contributed by atoms with van der Waals surface area (Å²) in [6.07, 6.45) is -0.356. The molecule has 3 amide bonds. The molecule has 8 nitrogen and oxygen atoms in total. The minimum absolute atomic E-state index is 0.124. The van der Waals surface area contributed by atoms with E-state index < -0.39 is 23.3 Å². The lowest BCUT2D eigenvalue weighted by molar-refractivity contribution is -0.131. The molecule has 1 fully saturated rings. The van der Waals surface area contributed by atoms with Crippen LogP contribution in [-0.2, 0) is 21.6 Å². The van der Waals surface area contributed by atoms with E-state index in [-0.39, 0.29) is 18.5 Å². The van der Waals surface area contributed by atoms with Gasteiger partial charge in [0.1, 0.15) is 24.0 Å². The largest absolute Gasteiger partial charge is 0.371 e. The second-order valence-corrected chi connectivity index (χ2v) is 6.10. The number of carbonyl (C=O) groups excluding carboxylic acids is 2. The summed E-state index contributed by atoms with van der Waals surface area (Å²) in [5.74, 6) is -0.437. The zero-order valence-electron chi connectivity index (χ0n) is 14.7. The minimum atomic E-state index is -1.29. The Hall–Kier alpha value is -2.81. The molecule has 2 unspecified atom stereocenters. The van der Waals surface area contributed by atoms with E-state index in [2.05, 4.69) is 15.5 Å². The minimum Gasteiger partial charge on any atom is -0.371 e. The van der Waals surface area contributed by atoms with Crippen molar-refractivity contribution in [3.8, 4) is 0 Å². The van der Waals surface area contributed by atoms with Crippen LogP contribution < -0.4 is 5.32 Å². The molecular weight excluding hydrogens is 343 g/mol. The Kier molecular flexibility index (Phi) is 4.73. The van der Waals surface area contributed by atoms with Gasteiger partial charge in [-0.2, -0.15) is 4.98 Å². The van der Waals surface area contributed by atoms with Crippen molar-refractivity contribution < 1.29 is 23.2 Å². The monoisotopic (exact) mass is 362 g/mol. The summed E-state index contributed by atoms with van der Waals surface area (Å²) in [6, 6.07) is 4.82. The number of rotatable bonds is 6. The molecule has 2 aromatic rings. The van der Waals surface area contributed by atoms with E-state index in [9.17, 15) is 14.0 Å². The molecule has 0 radical (unpaired) electrons. The summed E-state index contributed by atoms with van der Waals surface area (Å²) in [4.78, 5) is 30.3. The Morgan fingerprint density at radius 2 is 2.04 bits per heavy atom. The van der Waals surface area contributed by atoms with Crippen LogP contribution in [0.5, 0.6) is 0 Å². The van der Waals surface area contributed by atoms with E-state index in [1.54, 1.807) is 13.8 Å². The number of ether oxygens (including phenoxy) is 1. The number of hydrogen-bond acceptors (Lipinski definition) is 6. The molecule has 1 saturated heterocycles. The van der Waals surface area contributed by atoms with Gasteiger partial charge in [0.15, 0.2) is 5.82 Å². The van der Waals surface area contributed by atoms with Crippen LogP contribution in [0.2, 0.25) is 0 Å². The molecule has 0 aliphatic carbocycles. The lowest BCUT2D eigenvalue weighted by Gasteiger charge is -2.21. The SMILES string of the molecule is CCOC(C)c1noc(CN2C(=O)NC(C)(c3ccc(F)cc3)C2=O)n1. The maximum absolute atomic E-state index is 13.1. The van der Waals surface area contributed by atoms with Gasteiger partial charge in [-0.3, -0.25) is 9.69 Å². The maximum atomic E-state index is 13.1. The highest BCUT2D eigenvalue weighted by Gasteiger charge is 2.49. The molecule has 9 heteroatoms. The summed E-state index contributed by atoms with van der Waals surface area (Å²) >= 11 is 0. The van der Waals surface area contributed by atoms with Crippen LogP contribution in [0.15, 0.2) is 28.8 Å². The van der Waals surface area contributed by atoms with Crippen LogP contribution in [0.25, 0.3) is 0 Å². The van der Waals surface area contributed by atoms with Crippen LogP contribution in [0.1, 0.15) is 44.2 Å². The topological polar surface area (TPSA) is 97.6 Å². The molecule has 2 heterocycles. The van der Waals surface area contributed by atoms with E-state index in [0.29, 0.717) is 18.0 Å². The number of nitrogens with zero attached hydrogens (tertiary/aromatic N) is 3. The Bertz CT molecular complexity index is 822. The number of nitrogens with one attached hydrogen (secondary N) is 1. The first kappa shape index (κ1) is 18.0. The number of amides is 3. The van der Waals surface area contributed by atoms with Crippen molar-refractivity contribution in [3.63, 3.8) is 0 Å². The molecule has 0 spiro atoms. The highest BCUT2D eigenvalue weighted by Crippen LogP contribution is 2.29. The van der Waals surface area contributed by atoms with Crippen LogP contribution >= 0.6 is 0 Å². The molecule has 1 aromatic carbocycles. The quantitative estimate of drug-likeness (QED) is 0.792. The van der Waals surface area contributed by atoms with E-state index in [0.717, 1.165) is 4.90 Å². The van der Waals surface area contributed by atoms with Gasteiger partial charge in [0.25, 0.3) is 5.91 Å². The fourth-order valence-electron chi connectivity index (χ4n) is 2.78. The fourth-order valence-corrected chi connectivity index (χ4v) is 2.78. The normalized spacial score (nSPS) is 21.2. The second-order valence-electron chi connectivity index (χ2n) is 6.10. The number of aromatic nitrogens is 2. The Morgan fingerprint density at radius 3 is 2.69 bits per heavy atom. The summed E-state index contributed by atoms with van der Waals surface area (Å²) in [7, 11) is 0. The Labute approximate surface area is 149 Å². The first-order valence-electron chi connectivity index (χ1n) is 8.19. The third kappa shape index (κ3) is 3.17. The summed E-state index contributed by atoms with van der Waals surface area (Å²) in [6.45, 7) is 5.52. The van der Waals surface area contributed by atoms with Crippen molar-refractivity contribution in [2.24, 2.45) is 0 Å². The summed E-state index contributed by atoms with van der Waals surface area (Å²) < 4.78 is 23.6. The number of benzene rings is 1. The summed E-state index contributed by atoms with van der Waals surface area (Å²) in [5, 5.41) is 6.45. The fraction of sp³-hybridized carbons (Fsp3) is 0.412. The predicted molar refractivity (Wildman–Crippen MR) is 87.2 cm³/mol. The number of carbonyl (C=O) groups is 2. The standard InChI is InChI=1S/C17H19FN4O4/c1-4-25-10(2)14-19-13(26-21-14)9-22-15(23)17(3,20-16(22)24)11-5-7-12(18)8-6-11/h5-8,10H,4,9H2,1-3H3,(H,20,24). The van der Waals surface area contributed by atoms with E-state index in [4.69, 9.17) is 9.26 Å². The highest BCUT2D eigenvalue weighted by atomic mass is 19.1. The van der Waals surface area contributed by atoms with E-state index >= 15 is 0 Å². The number of imide groups is 1. The molecule has 3 rings (SSSR count). The molecule has 1 aromatic heterocycles. The van der Waals surface area contributed by atoms with Crippen molar-refractivity contribution in [1.29, 1.82) is 0 Å².